The first kappa shape index (κ1) is 17.0. The number of piperidine rings is 1. The Morgan fingerprint density at radius 1 is 1.40 bits per heavy atom. The molecule has 1 aromatic carbocycles. The maximum Gasteiger partial charge on any atom is 0.317 e. The van der Waals surface area contributed by atoms with Crippen LogP contribution >= 0.6 is 17.0 Å². The zero-order valence-electron chi connectivity index (χ0n) is 12.0. The summed E-state index contributed by atoms with van der Waals surface area (Å²) in [6, 6.07) is 6.91. The molecular weight excluding hydrogens is 322 g/mol. The fraction of sp³-hybridized carbons (Fsp3) is 0.533. The molecule has 0 aromatic heterocycles. The van der Waals surface area contributed by atoms with Crippen molar-refractivity contribution in [2.45, 2.75) is 25.2 Å². The van der Waals surface area contributed by atoms with Gasteiger partial charge in [0.1, 0.15) is 11.2 Å². The average Bonchev–Trinajstić information content (AvgIpc) is 2.39. The van der Waals surface area contributed by atoms with Gasteiger partial charge in [0, 0.05) is 6.54 Å². The van der Waals surface area contributed by atoms with Crippen LogP contribution in [0.2, 0.25) is 0 Å². The zero-order valence-corrected chi connectivity index (χ0v) is 13.7. The Labute approximate surface area is 130 Å². The third-order valence-electron chi connectivity index (χ3n) is 3.77. The van der Waals surface area contributed by atoms with Crippen molar-refractivity contribution in [2.24, 2.45) is 0 Å². The van der Waals surface area contributed by atoms with E-state index in [0.29, 0.717) is 13.2 Å². The molecule has 4 nitrogen and oxygen atoms in total. The van der Waals surface area contributed by atoms with Gasteiger partial charge in [-0.25, -0.2) is 0 Å². The molecule has 1 atom stereocenters. The predicted octanol–water partition coefficient (Wildman–Crippen LogP) is 2.50. The third-order valence-corrected chi connectivity index (χ3v) is 3.77. The molecule has 20 heavy (non-hydrogen) atoms. The lowest BCUT2D eigenvalue weighted by Crippen LogP contribution is -2.50. The monoisotopic (exact) mass is 343 g/mol. The van der Waals surface area contributed by atoms with Gasteiger partial charge in [-0.15, -0.1) is 17.0 Å². The van der Waals surface area contributed by atoms with E-state index < -0.39 is 5.41 Å². The first-order valence-corrected chi connectivity index (χ1v) is 6.74. The number of carbonyl (C=O) groups is 1. The molecule has 0 amide bonds. The van der Waals surface area contributed by atoms with Gasteiger partial charge < -0.3 is 14.7 Å². The van der Waals surface area contributed by atoms with Crippen molar-refractivity contribution in [3.05, 3.63) is 29.8 Å². The molecule has 0 saturated carbocycles. The number of ether oxygens (including phenoxy) is 1. The summed E-state index contributed by atoms with van der Waals surface area (Å²) >= 11 is 0. The molecule has 0 bridgehead atoms. The number of hydrogen-bond acceptors (Lipinski definition) is 4. The number of hydrogen-bond donors (Lipinski definition) is 1. The number of carbonyl (C=O) groups excluding carboxylic acids is 1. The summed E-state index contributed by atoms with van der Waals surface area (Å²) in [5, 5.41) is 9.41. The number of esters is 1. The SMILES string of the molecule is Br.CCOC(=O)C1(c2ccc(O)cc2)CCCN(C)C1. The highest BCUT2D eigenvalue weighted by molar-refractivity contribution is 8.93. The van der Waals surface area contributed by atoms with E-state index in [4.69, 9.17) is 4.74 Å². The van der Waals surface area contributed by atoms with Crippen LogP contribution in [0.15, 0.2) is 24.3 Å². The van der Waals surface area contributed by atoms with Crippen molar-refractivity contribution in [1.29, 1.82) is 0 Å². The molecule has 0 radical (unpaired) electrons. The second-order valence-electron chi connectivity index (χ2n) is 5.19. The van der Waals surface area contributed by atoms with E-state index in [-0.39, 0.29) is 28.7 Å². The van der Waals surface area contributed by atoms with Crippen LogP contribution in [0.1, 0.15) is 25.3 Å². The maximum atomic E-state index is 12.4. The lowest BCUT2D eigenvalue weighted by Gasteiger charge is -2.39. The summed E-state index contributed by atoms with van der Waals surface area (Å²) in [5.41, 5.74) is 0.326. The first-order valence-electron chi connectivity index (χ1n) is 6.74. The van der Waals surface area contributed by atoms with Crippen LogP contribution in [0.25, 0.3) is 0 Å². The van der Waals surface area contributed by atoms with E-state index >= 15 is 0 Å². The van der Waals surface area contributed by atoms with Crippen LogP contribution in [-0.4, -0.2) is 42.7 Å². The summed E-state index contributed by atoms with van der Waals surface area (Å²) in [7, 11) is 2.02. The largest absolute Gasteiger partial charge is 0.508 e. The number of nitrogens with zero attached hydrogens (tertiary/aromatic N) is 1. The van der Waals surface area contributed by atoms with Crippen molar-refractivity contribution < 1.29 is 14.6 Å². The Hall–Kier alpha value is -1.07. The second-order valence-corrected chi connectivity index (χ2v) is 5.19. The third kappa shape index (κ3) is 3.33. The van der Waals surface area contributed by atoms with Gasteiger partial charge in [-0.3, -0.25) is 4.79 Å². The van der Waals surface area contributed by atoms with Gasteiger partial charge >= 0.3 is 5.97 Å². The molecule has 5 heteroatoms. The average molecular weight is 344 g/mol. The minimum Gasteiger partial charge on any atom is -0.508 e. The van der Waals surface area contributed by atoms with Crippen molar-refractivity contribution in [1.82, 2.24) is 4.90 Å². The number of benzene rings is 1. The van der Waals surface area contributed by atoms with E-state index in [2.05, 4.69) is 4.90 Å². The standard InChI is InChI=1S/C15H21NO3.BrH/c1-3-19-14(18)15(9-4-10-16(2)11-15)12-5-7-13(17)8-6-12;/h5-8,17H,3-4,9-11H2,1-2H3;1H. The Balaban J connectivity index is 0.00000200. The highest BCUT2D eigenvalue weighted by atomic mass is 79.9. The minimum absolute atomic E-state index is 0. The van der Waals surface area contributed by atoms with E-state index in [1.165, 1.54) is 0 Å². The number of aromatic hydroxyl groups is 1. The predicted molar refractivity (Wildman–Crippen MR) is 83.5 cm³/mol. The van der Waals surface area contributed by atoms with E-state index in [9.17, 15) is 9.90 Å². The topological polar surface area (TPSA) is 49.8 Å². The smallest absolute Gasteiger partial charge is 0.317 e. The molecule has 1 fully saturated rings. The van der Waals surface area contributed by atoms with Gasteiger partial charge in [-0.1, -0.05) is 12.1 Å². The molecular formula is C15H22BrNO3. The highest BCUT2D eigenvalue weighted by Gasteiger charge is 2.44. The fourth-order valence-corrected chi connectivity index (χ4v) is 2.84. The fourth-order valence-electron chi connectivity index (χ4n) is 2.84. The van der Waals surface area contributed by atoms with Crippen LogP contribution in [0.5, 0.6) is 5.75 Å². The van der Waals surface area contributed by atoms with Crippen LogP contribution in [0.3, 0.4) is 0 Å². The lowest BCUT2D eigenvalue weighted by atomic mass is 9.74. The molecule has 1 heterocycles. The van der Waals surface area contributed by atoms with Gasteiger partial charge in [-0.2, -0.15) is 0 Å². The van der Waals surface area contributed by atoms with E-state index in [1.807, 2.05) is 26.1 Å². The van der Waals surface area contributed by atoms with Gasteiger partial charge in [-0.05, 0) is 51.1 Å². The number of phenols is 1. The number of likely N-dealkylation sites (tertiary alicyclic amines) is 1. The van der Waals surface area contributed by atoms with Crippen molar-refractivity contribution >= 4 is 23.0 Å². The zero-order chi connectivity index (χ0) is 13.9. The Morgan fingerprint density at radius 3 is 2.60 bits per heavy atom. The summed E-state index contributed by atoms with van der Waals surface area (Å²) in [6.45, 7) is 3.88. The molecule has 0 spiro atoms. The molecule has 0 aliphatic carbocycles. The van der Waals surface area contributed by atoms with Crippen LogP contribution in [-0.2, 0) is 14.9 Å². The lowest BCUT2D eigenvalue weighted by molar-refractivity contribution is -0.152. The molecule has 1 N–H and O–H groups in total. The molecule has 1 aliphatic heterocycles. The highest BCUT2D eigenvalue weighted by Crippen LogP contribution is 2.35. The van der Waals surface area contributed by atoms with Crippen molar-refractivity contribution in [2.75, 3.05) is 26.7 Å². The van der Waals surface area contributed by atoms with Gasteiger partial charge in [0.15, 0.2) is 0 Å². The number of phenolic OH excluding ortho intramolecular Hbond substituents is 1. The van der Waals surface area contributed by atoms with Crippen LogP contribution < -0.4 is 0 Å². The number of halogens is 1. The maximum absolute atomic E-state index is 12.4. The van der Waals surface area contributed by atoms with E-state index in [1.54, 1.807) is 12.1 Å². The Kier molecular flexibility index (Phi) is 6.02. The summed E-state index contributed by atoms with van der Waals surface area (Å²) in [4.78, 5) is 14.6. The summed E-state index contributed by atoms with van der Waals surface area (Å²) in [6.07, 6.45) is 1.76. The second kappa shape index (κ2) is 7.09. The molecule has 1 unspecified atom stereocenters. The molecule has 1 aliphatic rings. The quantitative estimate of drug-likeness (QED) is 0.856. The Bertz CT molecular complexity index is 449. The van der Waals surface area contributed by atoms with Crippen LogP contribution in [0, 0.1) is 0 Å². The minimum atomic E-state index is -0.600. The van der Waals surface area contributed by atoms with Gasteiger partial charge in [0.25, 0.3) is 0 Å². The number of rotatable bonds is 3. The molecule has 2 rings (SSSR count). The van der Waals surface area contributed by atoms with Crippen molar-refractivity contribution in [3.8, 4) is 5.75 Å². The normalized spacial score (nSPS) is 22.9. The van der Waals surface area contributed by atoms with Crippen LogP contribution in [0.4, 0.5) is 0 Å². The van der Waals surface area contributed by atoms with Gasteiger partial charge in [0.05, 0.1) is 6.61 Å². The van der Waals surface area contributed by atoms with Gasteiger partial charge in [0.2, 0.25) is 0 Å². The summed E-state index contributed by atoms with van der Waals surface area (Å²) in [5.74, 6) is 0.0548. The molecule has 1 saturated heterocycles. The van der Waals surface area contributed by atoms with E-state index in [0.717, 1.165) is 24.9 Å². The first-order chi connectivity index (χ1) is 9.08. The molecule has 112 valence electrons. The number of likely N-dealkylation sites (N-methyl/N-ethyl adjacent to an activating group) is 1. The summed E-state index contributed by atoms with van der Waals surface area (Å²) < 4.78 is 5.29. The van der Waals surface area contributed by atoms with Crippen molar-refractivity contribution in [3.63, 3.8) is 0 Å². The Morgan fingerprint density at radius 2 is 2.05 bits per heavy atom. The molecule has 1 aromatic rings.